The van der Waals surface area contributed by atoms with Gasteiger partial charge in [-0.15, -0.1) is 0 Å². The first-order valence-electron chi connectivity index (χ1n) is 5.33. The number of carbonyl (C=O) groups excluding carboxylic acids is 1. The summed E-state index contributed by atoms with van der Waals surface area (Å²) in [6, 6.07) is -0.848. The number of carboxylic acid groups (broad SMARTS) is 1. The number of rotatable bonds is 4. The molecule has 0 spiro atoms. The van der Waals surface area contributed by atoms with Crippen LogP contribution in [0.1, 0.15) is 39.0 Å². The van der Waals surface area contributed by atoms with Crippen LogP contribution in [0.5, 0.6) is 0 Å². The number of aliphatic carboxylic acids is 1. The number of carboxylic acids is 1. The van der Waals surface area contributed by atoms with Crippen LogP contribution in [-0.2, 0) is 9.53 Å². The number of carbonyl (C=O) groups is 2. The van der Waals surface area contributed by atoms with Crippen LogP contribution in [0.3, 0.4) is 0 Å². The highest BCUT2D eigenvalue weighted by molar-refractivity contribution is 5.79. The average molecular weight is 215 g/mol. The first-order valence-corrected chi connectivity index (χ1v) is 5.33. The molecule has 1 atom stereocenters. The number of alkyl carbamates (subject to hydrolysis) is 1. The molecule has 1 aliphatic rings. The molecule has 0 aliphatic heterocycles. The first-order chi connectivity index (χ1) is 7.13. The molecule has 1 saturated carbocycles. The van der Waals surface area contributed by atoms with Crippen LogP contribution in [0.25, 0.3) is 0 Å². The maximum atomic E-state index is 11.3. The standard InChI is InChI=1S/C10H17NO4/c1-2-8(9(12)13)11-10(14)15-7-5-3-4-6-7/h7-8H,2-6H2,1H3,(H,11,14)(H,12,13). The summed E-state index contributed by atoms with van der Waals surface area (Å²) < 4.78 is 5.08. The van der Waals surface area contributed by atoms with E-state index >= 15 is 0 Å². The van der Waals surface area contributed by atoms with Gasteiger partial charge in [0.05, 0.1) is 0 Å². The highest BCUT2D eigenvalue weighted by atomic mass is 16.6. The summed E-state index contributed by atoms with van der Waals surface area (Å²) in [7, 11) is 0. The fourth-order valence-corrected chi connectivity index (χ4v) is 1.67. The number of nitrogens with one attached hydrogen (secondary N) is 1. The van der Waals surface area contributed by atoms with Crippen molar-refractivity contribution in [2.45, 2.75) is 51.2 Å². The topological polar surface area (TPSA) is 75.6 Å². The van der Waals surface area contributed by atoms with Crippen molar-refractivity contribution in [2.75, 3.05) is 0 Å². The van der Waals surface area contributed by atoms with Crippen molar-refractivity contribution < 1.29 is 19.4 Å². The zero-order valence-electron chi connectivity index (χ0n) is 8.86. The number of hydrogen-bond acceptors (Lipinski definition) is 3. The first kappa shape index (κ1) is 11.8. The van der Waals surface area contributed by atoms with E-state index in [1.165, 1.54) is 0 Å². The average Bonchev–Trinajstić information content (AvgIpc) is 2.66. The summed E-state index contributed by atoms with van der Waals surface area (Å²) >= 11 is 0. The van der Waals surface area contributed by atoms with Crippen molar-refractivity contribution in [3.05, 3.63) is 0 Å². The van der Waals surface area contributed by atoms with Crippen molar-refractivity contribution in [3.63, 3.8) is 0 Å². The molecule has 0 aromatic carbocycles. The Hall–Kier alpha value is -1.26. The maximum absolute atomic E-state index is 11.3. The van der Waals surface area contributed by atoms with Crippen molar-refractivity contribution in [3.8, 4) is 0 Å². The molecular weight excluding hydrogens is 198 g/mol. The van der Waals surface area contributed by atoms with E-state index in [2.05, 4.69) is 5.32 Å². The van der Waals surface area contributed by atoms with E-state index in [1.807, 2.05) is 0 Å². The van der Waals surface area contributed by atoms with Gasteiger partial charge in [0.1, 0.15) is 12.1 Å². The minimum atomic E-state index is -1.03. The molecule has 1 unspecified atom stereocenters. The Bertz CT molecular complexity index is 236. The molecule has 5 heteroatoms. The predicted molar refractivity (Wildman–Crippen MR) is 53.6 cm³/mol. The highest BCUT2D eigenvalue weighted by Crippen LogP contribution is 2.20. The van der Waals surface area contributed by atoms with Gasteiger partial charge in [-0.2, -0.15) is 0 Å². The summed E-state index contributed by atoms with van der Waals surface area (Å²) in [5.74, 6) is -1.03. The smallest absolute Gasteiger partial charge is 0.408 e. The Kier molecular flexibility index (Phi) is 4.39. The molecule has 5 nitrogen and oxygen atoms in total. The molecule has 0 aromatic heterocycles. The molecule has 1 amide bonds. The minimum absolute atomic E-state index is 0.0312. The summed E-state index contributed by atoms with van der Waals surface area (Å²) in [5.41, 5.74) is 0. The summed E-state index contributed by atoms with van der Waals surface area (Å²) in [6.07, 6.45) is 3.64. The zero-order valence-corrected chi connectivity index (χ0v) is 8.86. The predicted octanol–water partition coefficient (Wildman–Crippen LogP) is 1.52. The second-order valence-corrected chi connectivity index (χ2v) is 3.76. The minimum Gasteiger partial charge on any atom is -0.480 e. The van der Waals surface area contributed by atoms with Gasteiger partial charge in [0.2, 0.25) is 0 Å². The third kappa shape index (κ3) is 3.77. The maximum Gasteiger partial charge on any atom is 0.408 e. The van der Waals surface area contributed by atoms with Gasteiger partial charge in [0.15, 0.2) is 0 Å². The van der Waals surface area contributed by atoms with Crippen LogP contribution in [0.15, 0.2) is 0 Å². The fraction of sp³-hybridized carbons (Fsp3) is 0.800. The van der Waals surface area contributed by atoms with Crippen molar-refractivity contribution in [2.24, 2.45) is 0 Å². The van der Waals surface area contributed by atoms with Gasteiger partial charge >= 0.3 is 12.1 Å². The summed E-state index contributed by atoms with van der Waals surface area (Å²) in [5, 5.41) is 11.0. The molecule has 1 rings (SSSR count). The van der Waals surface area contributed by atoms with Gasteiger partial charge in [-0.05, 0) is 32.1 Å². The lowest BCUT2D eigenvalue weighted by atomic mass is 10.2. The largest absolute Gasteiger partial charge is 0.480 e. The van der Waals surface area contributed by atoms with Crippen molar-refractivity contribution in [1.29, 1.82) is 0 Å². The Morgan fingerprint density at radius 2 is 2.07 bits per heavy atom. The quantitative estimate of drug-likeness (QED) is 0.745. The van der Waals surface area contributed by atoms with Crippen LogP contribution in [-0.4, -0.2) is 29.3 Å². The van der Waals surface area contributed by atoms with E-state index < -0.39 is 18.1 Å². The molecule has 0 aromatic rings. The SMILES string of the molecule is CCC(NC(=O)OC1CCCC1)C(=O)O. The van der Waals surface area contributed by atoms with Gasteiger partial charge < -0.3 is 15.2 Å². The van der Waals surface area contributed by atoms with Crippen molar-refractivity contribution >= 4 is 12.1 Å². The van der Waals surface area contributed by atoms with Gasteiger partial charge in [0.25, 0.3) is 0 Å². The molecule has 0 radical (unpaired) electrons. The Labute approximate surface area is 88.8 Å². The second-order valence-electron chi connectivity index (χ2n) is 3.76. The lowest BCUT2D eigenvalue weighted by molar-refractivity contribution is -0.139. The zero-order chi connectivity index (χ0) is 11.3. The fourth-order valence-electron chi connectivity index (χ4n) is 1.67. The molecule has 2 N–H and O–H groups in total. The lowest BCUT2D eigenvalue weighted by Gasteiger charge is -2.15. The monoisotopic (exact) mass is 215 g/mol. The van der Waals surface area contributed by atoms with Crippen LogP contribution >= 0.6 is 0 Å². The van der Waals surface area contributed by atoms with Gasteiger partial charge in [0, 0.05) is 0 Å². The molecule has 15 heavy (non-hydrogen) atoms. The molecule has 0 bridgehead atoms. The van der Waals surface area contributed by atoms with E-state index in [9.17, 15) is 9.59 Å². The Balaban J connectivity index is 2.30. The number of ether oxygens (including phenoxy) is 1. The Morgan fingerprint density at radius 3 is 2.53 bits per heavy atom. The van der Waals surface area contributed by atoms with Crippen LogP contribution in [0.4, 0.5) is 4.79 Å². The van der Waals surface area contributed by atoms with E-state index in [4.69, 9.17) is 9.84 Å². The second kappa shape index (κ2) is 5.58. The van der Waals surface area contributed by atoms with Crippen LogP contribution in [0, 0.1) is 0 Å². The third-order valence-electron chi connectivity index (χ3n) is 2.57. The van der Waals surface area contributed by atoms with Gasteiger partial charge in [-0.25, -0.2) is 9.59 Å². The summed E-state index contributed by atoms with van der Waals surface area (Å²) in [6.45, 7) is 1.70. The van der Waals surface area contributed by atoms with E-state index in [-0.39, 0.29) is 6.10 Å². The molecule has 0 saturated heterocycles. The van der Waals surface area contributed by atoms with E-state index in [1.54, 1.807) is 6.92 Å². The molecule has 86 valence electrons. The van der Waals surface area contributed by atoms with E-state index in [0.717, 1.165) is 25.7 Å². The number of hydrogen-bond donors (Lipinski definition) is 2. The van der Waals surface area contributed by atoms with Crippen LogP contribution in [0.2, 0.25) is 0 Å². The summed E-state index contributed by atoms with van der Waals surface area (Å²) in [4.78, 5) is 21.9. The normalized spacial score (nSPS) is 18.5. The van der Waals surface area contributed by atoms with Crippen LogP contribution < -0.4 is 5.32 Å². The molecule has 1 fully saturated rings. The Morgan fingerprint density at radius 1 is 1.47 bits per heavy atom. The highest BCUT2D eigenvalue weighted by Gasteiger charge is 2.22. The van der Waals surface area contributed by atoms with E-state index in [0.29, 0.717) is 6.42 Å². The lowest BCUT2D eigenvalue weighted by Crippen LogP contribution is -2.41. The third-order valence-corrected chi connectivity index (χ3v) is 2.57. The molecule has 0 heterocycles. The van der Waals surface area contributed by atoms with Gasteiger partial charge in [-0.3, -0.25) is 0 Å². The molecular formula is C10H17NO4. The van der Waals surface area contributed by atoms with Gasteiger partial charge in [-0.1, -0.05) is 6.92 Å². The van der Waals surface area contributed by atoms with Crippen molar-refractivity contribution in [1.82, 2.24) is 5.32 Å². The number of amides is 1. The molecule has 1 aliphatic carbocycles.